The van der Waals surface area contributed by atoms with Crippen molar-refractivity contribution >= 4 is 0 Å². The first-order valence-electron chi connectivity index (χ1n) is 6.69. The zero-order valence-corrected chi connectivity index (χ0v) is 10.8. The van der Waals surface area contributed by atoms with Crippen LogP contribution in [0.3, 0.4) is 0 Å². The lowest BCUT2D eigenvalue weighted by Gasteiger charge is -2.32. The Hall–Kier alpha value is -1.55. The molecule has 1 fully saturated rings. The second-order valence-corrected chi connectivity index (χ2v) is 5.19. The van der Waals surface area contributed by atoms with Crippen molar-refractivity contribution in [1.82, 2.24) is 20.3 Å². The first kappa shape index (κ1) is 11.5. The Morgan fingerprint density at radius 3 is 2.44 bits per heavy atom. The van der Waals surface area contributed by atoms with Crippen molar-refractivity contribution in [2.24, 2.45) is 5.92 Å². The molecule has 1 saturated heterocycles. The van der Waals surface area contributed by atoms with E-state index < -0.39 is 0 Å². The predicted octanol–water partition coefficient (Wildman–Crippen LogP) is 2.11. The molecule has 1 unspecified atom stereocenters. The van der Waals surface area contributed by atoms with E-state index in [0.29, 0.717) is 12.0 Å². The van der Waals surface area contributed by atoms with Gasteiger partial charge in [-0.2, -0.15) is 0 Å². The van der Waals surface area contributed by atoms with Gasteiger partial charge in [0.15, 0.2) is 0 Å². The molecule has 1 aromatic heterocycles. The highest BCUT2D eigenvalue weighted by molar-refractivity contribution is 5.25. The van der Waals surface area contributed by atoms with Crippen molar-refractivity contribution in [3.05, 3.63) is 41.7 Å². The van der Waals surface area contributed by atoms with Crippen LogP contribution in [0.1, 0.15) is 30.0 Å². The summed E-state index contributed by atoms with van der Waals surface area (Å²) < 4.78 is 2.14. The highest BCUT2D eigenvalue weighted by atomic mass is 15.5. The number of aromatic amines is 1. The van der Waals surface area contributed by atoms with Gasteiger partial charge in [0.05, 0.1) is 6.04 Å². The van der Waals surface area contributed by atoms with Gasteiger partial charge >= 0.3 is 0 Å². The lowest BCUT2D eigenvalue weighted by atomic mass is 9.86. The van der Waals surface area contributed by atoms with Crippen LogP contribution in [-0.2, 0) is 0 Å². The molecule has 1 atom stereocenters. The van der Waals surface area contributed by atoms with E-state index in [2.05, 4.69) is 51.5 Å². The van der Waals surface area contributed by atoms with Crippen molar-refractivity contribution in [3.8, 4) is 0 Å². The molecule has 2 N–H and O–H groups in total. The van der Waals surface area contributed by atoms with Gasteiger partial charge in [-0.05, 0) is 44.3 Å². The van der Waals surface area contributed by atoms with E-state index in [1.807, 2.05) is 6.33 Å². The van der Waals surface area contributed by atoms with Crippen LogP contribution in [0.4, 0.5) is 0 Å². The summed E-state index contributed by atoms with van der Waals surface area (Å²) >= 11 is 0. The van der Waals surface area contributed by atoms with Gasteiger partial charge in [0.2, 0.25) is 0 Å². The predicted molar refractivity (Wildman–Crippen MR) is 71.5 cm³/mol. The number of nitrogens with one attached hydrogen (secondary N) is 2. The van der Waals surface area contributed by atoms with Crippen LogP contribution in [0.5, 0.6) is 0 Å². The highest BCUT2D eigenvalue weighted by Gasteiger charge is 2.27. The molecule has 0 spiro atoms. The normalized spacial score (nSPS) is 18.9. The lowest BCUT2D eigenvalue weighted by molar-refractivity contribution is 0.255. The number of hydrogen-bond donors (Lipinski definition) is 2. The fourth-order valence-corrected chi connectivity index (χ4v) is 2.84. The molecule has 1 aliphatic heterocycles. The minimum Gasteiger partial charge on any atom is -0.317 e. The van der Waals surface area contributed by atoms with Gasteiger partial charge in [-0.3, -0.25) is 4.68 Å². The van der Waals surface area contributed by atoms with Crippen LogP contribution >= 0.6 is 0 Å². The average Bonchev–Trinajstić information content (AvgIpc) is 2.36. The summed E-state index contributed by atoms with van der Waals surface area (Å²) in [6.07, 6.45) is 4.35. The summed E-state index contributed by atoms with van der Waals surface area (Å²) in [5, 5.41) is 10.5. The Morgan fingerprint density at radius 2 is 1.89 bits per heavy atom. The van der Waals surface area contributed by atoms with Crippen LogP contribution in [-0.4, -0.2) is 28.1 Å². The Labute approximate surface area is 107 Å². The van der Waals surface area contributed by atoms with Gasteiger partial charge in [0.1, 0.15) is 6.33 Å². The van der Waals surface area contributed by atoms with Crippen LogP contribution in [0.15, 0.2) is 30.6 Å². The summed E-state index contributed by atoms with van der Waals surface area (Å²) in [5.41, 5.74) is 2.69. The summed E-state index contributed by atoms with van der Waals surface area (Å²) in [5.74, 6) is 0.688. The SMILES string of the molecule is Cc1ccc(C(C2CCNCC2)n2cn[nH]2)cc1. The van der Waals surface area contributed by atoms with Crippen LogP contribution in [0.2, 0.25) is 0 Å². The second kappa shape index (κ2) is 4.98. The quantitative estimate of drug-likeness (QED) is 0.868. The van der Waals surface area contributed by atoms with Crippen molar-refractivity contribution < 1.29 is 0 Å². The molecule has 0 radical (unpaired) electrons. The van der Waals surface area contributed by atoms with E-state index in [9.17, 15) is 0 Å². The third kappa shape index (κ3) is 2.20. The van der Waals surface area contributed by atoms with Crippen molar-refractivity contribution in [1.29, 1.82) is 0 Å². The summed E-state index contributed by atoms with van der Waals surface area (Å²) in [4.78, 5) is 0. The first-order chi connectivity index (χ1) is 8.84. The fourth-order valence-electron chi connectivity index (χ4n) is 2.84. The fraction of sp³-hybridized carbons (Fsp3) is 0.500. The van der Waals surface area contributed by atoms with Crippen molar-refractivity contribution in [2.45, 2.75) is 25.8 Å². The third-order valence-corrected chi connectivity index (χ3v) is 3.90. The van der Waals surface area contributed by atoms with Gasteiger partial charge in [-0.15, -0.1) is 5.10 Å². The molecule has 0 amide bonds. The Bertz CT molecular complexity index is 467. The molecule has 0 saturated carbocycles. The van der Waals surface area contributed by atoms with Crippen LogP contribution in [0.25, 0.3) is 0 Å². The van der Waals surface area contributed by atoms with Crippen LogP contribution < -0.4 is 5.32 Å². The second-order valence-electron chi connectivity index (χ2n) is 5.19. The highest BCUT2D eigenvalue weighted by Crippen LogP contribution is 2.32. The summed E-state index contributed by atoms with van der Waals surface area (Å²) in [7, 11) is 0. The number of aromatic nitrogens is 3. The maximum atomic E-state index is 3.99. The Kier molecular flexibility index (Phi) is 3.19. The van der Waals surface area contributed by atoms with Gasteiger partial charge in [0.25, 0.3) is 0 Å². The molecule has 0 aliphatic carbocycles. The van der Waals surface area contributed by atoms with E-state index in [-0.39, 0.29) is 0 Å². The van der Waals surface area contributed by atoms with E-state index in [1.54, 1.807) is 0 Å². The van der Waals surface area contributed by atoms with Gasteiger partial charge in [-0.1, -0.05) is 29.8 Å². The van der Waals surface area contributed by atoms with E-state index in [4.69, 9.17) is 0 Å². The maximum Gasteiger partial charge on any atom is 0.133 e. The number of aryl methyl sites for hydroxylation is 1. The number of rotatable bonds is 3. The molecule has 18 heavy (non-hydrogen) atoms. The zero-order valence-electron chi connectivity index (χ0n) is 10.8. The summed E-state index contributed by atoms with van der Waals surface area (Å²) in [6.45, 7) is 4.38. The number of hydrogen-bond acceptors (Lipinski definition) is 2. The van der Waals surface area contributed by atoms with Gasteiger partial charge < -0.3 is 5.32 Å². The molecule has 0 bridgehead atoms. The Morgan fingerprint density at radius 1 is 1.22 bits per heavy atom. The van der Waals surface area contributed by atoms with Crippen molar-refractivity contribution in [3.63, 3.8) is 0 Å². The first-order valence-corrected chi connectivity index (χ1v) is 6.69. The standard InChI is InChI=1S/C14H20N4/c1-11-2-4-12(5-3-11)14(18-10-16-17-18)13-6-8-15-9-7-13/h2-5,10,13-15,17H,6-9H2,1H3. The molecule has 4 nitrogen and oxygen atoms in total. The van der Waals surface area contributed by atoms with Crippen molar-refractivity contribution in [2.75, 3.05) is 13.1 Å². The summed E-state index contributed by atoms with van der Waals surface area (Å²) in [6, 6.07) is 9.29. The number of nitrogens with zero attached hydrogens (tertiary/aromatic N) is 2. The molecule has 2 aromatic rings. The largest absolute Gasteiger partial charge is 0.317 e. The van der Waals surface area contributed by atoms with E-state index in [1.165, 1.54) is 24.0 Å². The van der Waals surface area contributed by atoms with E-state index in [0.717, 1.165) is 13.1 Å². The minimum atomic E-state index is 0.408. The number of piperidine rings is 1. The molecule has 1 aliphatic rings. The number of H-pyrrole nitrogens is 1. The Balaban J connectivity index is 1.88. The average molecular weight is 244 g/mol. The van der Waals surface area contributed by atoms with E-state index >= 15 is 0 Å². The molecule has 2 heterocycles. The zero-order chi connectivity index (χ0) is 12.4. The number of benzene rings is 1. The smallest absolute Gasteiger partial charge is 0.133 e. The molecular formula is C14H20N4. The van der Waals surface area contributed by atoms with Gasteiger partial charge in [-0.25, -0.2) is 5.21 Å². The minimum absolute atomic E-state index is 0.408. The monoisotopic (exact) mass is 244 g/mol. The van der Waals surface area contributed by atoms with Crippen LogP contribution in [0, 0.1) is 12.8 Å². The molecular weight excluding hydrogens is 224 g/mol. The van der Waals surface area contributed by atoms with Gasteiger partial charge in [0, 0.05) is 0 Å². The molecule has 96 valence electrons. The lowest BCUT2D eigenvalue weighted by Crippen LogP contribution is -2.35. The third-order valence-electron chi connectivity index (χ3n) is 3.90. The maximum absolute atomic E-state index is 3.99. The topological polar surface area (TPSA) is 45.6 Å². The molecule has 4 heteroatoms. The molecule has 3 rings (SSSR count). The molecule has 1 aromatic carbocycles.